The molecule has 0 saturated carbocycles. The lowest BCUT2D eigenvalue weighted by molar-refractivity contribution is 0.0856. The number of aryl methyl sites for hydroxylation is 2. The molecule has 0 bridgehead atoms. The third-order valence-corrected chi connectivity index (χ3v) is 5.04. The first-order chi connectivity index (χ1) is 14.0. The van der Waals surface area contributed by atoms with Crippen molar-refractivity contribution in [1.29, 1.82) is 0 Å². The van der Waals surface area contributed by atoms with Gasteiger partial charge in [-0.05, 0) is 56.9 Å². The topological polar surface area (TPSA) is 96.5 Å². The second kappa shape index (κ2) is 9.36. The molecule has 0 unspecified atom stereocenters. The maximum Gasteiger partial charge on any atom is 0.409 e. The lowest BCUT2D eigenvalue weighted by atomic mass is 10.1. The largest absolute Gasteiger partial charge is 0.450 e. The van der Waals surface area contributed by atoms with Crippen molar-refractivity contribution in [2.24, 2.45) is 0 Å². The molecule has 8 nitrogen and oxygen atoms in total. The highest BCUT2D eigenvalue weighted by molar-refractivity contribution is 5.93. The van der Waals surface area contributed by atoms with E-state index in [9.17, 15) is 9.59 Å². The van der Waals surface area contributed by atoms with Crippen LogP contribution in [-0.4, -0.2) is 52.6 Å². The van der Waals surface area contributed by atoms with Gasteiger partial charge in [-0.2, -0.15) is 0 Å². The zero-order chi connectivity index (χ0) is 20.8. The van der Waals surface area contributed by atoms with Gasteiger partial charge in [-0.3, -0.25) is 4.79 Å². The van der Waals surface area contributed by atoms with Gasteiger partial charge in [0.15, 0.2) is 0 Å². The average molecular weight is 397 g/mol. The fourth-order valence-corrected chi connectivity index (χ4v) is 3.20. The fourth-order valence-electron chi connectivity index (χ4n) is 3.20. The summed E-state index contributed by atoms with van der Waals surface area (Å²) in [5.74, 6) is 0.315. The summed E-state index contributed by atoms with van der Waals surface area (Å²) in [6, 6.07) is 7.68. The Bertz CT molecular complexity index is 878. The second-order valence-corrected chi connectivity index (χ2v) is 7.15. The summed E-state index contributed by atoms with van der Waals surface area (Å²) in [6.45, 7) is 7.38. The molecule has 154 valence electrons. The molecule has 1 fully saturated rings. The molecule has 3 rings (SSSR count). The van der Waals surface area contributed by atoms with E-state index in [4.69, 9.17) is 4.74 Å². The van der Waals surface area contributed by atoms with Gasteiger partial charge in [0.1, 0.15) is 17.8 Å². The maximum absolute atomic E-state index is 12.6. The zero-order valence-electron chi connectivity index (χ0n) is 17.1. The van der Waals surface area contributed by atoms with Gasteiger partial charge >= 0.3 is 6.09 Å². The second-order valence-electron chi connectivity index (χ2n) is 7.15. The van der Waals surface area contributed by atoms with Gasteiger partial charge < -0.3 is 20.3 Å². The minimum Gasteiger partial charge on any atom is -0.450 e. The van der Waals surface area contributed by atoms with Crippen LogP contribution in [0.3, 0.4) is 0 Å². The summed E-state index contributed by atoms with van der Waals surface area (Å²) in [6.07, 6.45) is 2.45. The molecule has 2 N–H and O–H groups in total. The first kappa shape index (κ1) is 20.6. The van der Waals surface area contributed by atoms with Crippen LogP contribution in [0.25, 0.3) is 0 Å². The van der Waals surface area contributed by atoms with E-state index < -0.39 is 0 Å². The van der Waals surface area contributed by atoms with Gasteiger partial charge in [0, 0.05) is 30.9 Å². The van der Waals surface area contributed by atoms with E-state index in [1.54, 1.807) is 17.9 Å². The number of carbonyl (C=O) groups is 2. The molecule has 2 aromatic rings. The van der Waals surface area contributed by atoms with Crippen molar-refractivity contribution in [2.45, 2.75) is 39.7 Å². The van der Waals surface area contributed by atoms with Crippen molar-refractivity contribution in [1.82, 2.24) is 20.2 Å². The highest BCUT2D eigenvalue weighted by Crippen LogP contribution is 2.19. The molecule has 8 heteroatoms. The molecule has 29 heavy (non-hydrogen) atoms. The van der Waals surface area contributed by atoms with Crippen molar-refractivity contribution in [2.75, 3.05) is 25.0 Å². The minimum atomic E-state index is -0.296. The van der Waals surface area contributed by atoms with Gasteiger partial charge in [0.05, 0.1) is 6.61 Å². The summed E-state index contributed by atoms with van der Waals surface area (Å²) in [5.41, 5.74) is 3.60. The first-order valence-corrected chi connectivity index (χ1v) is 9.85. The number of amides is 2. The molecule has 1 saturated heterocycles. The quantitative estimate of drug-likeness (QED) is 0.804. The van der Waals surface area contributed by atoms with Gasteiger partial charge in [-0.15, -0.1) is 0 Å². The number of ether oxygens (including phenoxy) is 1. The predicted molar refractivity (Wildman–Crippen MR) is 110 cm³/mol. The number of aromatic nitrogens is 2. The van der Waals surface area contributed by atoms with E-state index in [0.29, 0.717) is 44.0 Å². The molecule has 1 aromatic heterocycles. The molecular formula is C21H27N5O3. The van der Waals surface area contributed by atoms with E-state index in [1.165, 1.54) is 17.5 Å². The van der Waals surface area contributed by atoms with Crippen molar-refractivity contribution < 1.29 is 14.3 Å². The third-order valence-electron chi connectivity index (χ3n) is 5.04. The van der Waals surface area contributed by atoms with Crippen molar-refractivity contribution >= 4 is 23.5 Å². The van der Waals surface area contributed by atoms with Crippen LogP contribution in [0.5, 0.6) is 0 Å². The lowest BCUT2D eigenvalue weighted by Crippen LogP contribution is -2.46. The molecule has 1 aromatic carbocycles. The van der Waals surface area contributed by atoms with Crippen LogP contribution in [0.15, 0.2) is 30.6 Å². The number of rotatable bonds is 5. The number of carbonyl (C=O) groups excluding carboxylic acids is 2. The van der Waals surface area contributed by atoms with E-state index in [1.807, 2.05) is 25.1 Å². The number of piperidine rings is 1. The minimum absolute atomic E-state index is 0.000649. The van der Waals surface area contributed by atoms with Crippen LogP contribution in [0.4, 0.5) is 16.3 Å². The van der Waals surface area contributed by atoms with Crippen molar-refractivity contribution in [3.63, 3.8) is 0 Å². The fraction of sp³-hybridized carbons (Fsp3) is 0.429. The number of hydrogen-bond donors (Lipinski definition) is 2. The molecule has 1 aliphatic heterocycles. The van der Waals surface area contributed by atoms with Crippen LogP contribution in [-0.2, 0) is 4.74 Å². The zero-order valence-corrected chi connectivity index (χ0v) is 17.1. The van der Waals surface area contributed by atoms with Crippen LogP contribution in [0.1, 0.15) is 41.4 Å². The van der Waals surface area contributed by atoms with Gasteiger partial charge in [-0.25, -0.2) is 14.8 Å². The Labute approximate surface area is 170 Å². The van der Waals surface area contributed by atoms with E-state index in [0.717, 1.165) is 5.69 Å². The molecule has 0 radical (unpaired) electrons. The van der Waals surface area contributed by atoms with Crippen LogP contribution >= 0.6 is 0 Å². The Morgan fingerprint density at radius 1 is 1.14 bits per heavy atom. The highest BCUT2D eigenvalue weighted by Gasteiger charge is 2.25. The SMILES string of the molecule is CCOC(=O)N1CCC(NC(=O)c2cc(Nc3ccc(C)c(C)c3)ncn2)CC1. The number of likely N-dealkylation sites (tertiary alicyclic amines) is 1. The molecule has 2 amide bonds. The van der Waals surface area contributed by atoms with E-state index >= 15 is 0 Å². The highest BCUT2D eigenvalue weighted by atomic mass is 16.6. The molecule has 1 aliphatic rings. The maximum atomic E-state index is 12.6. The Kier molecular flexibility index (Phi) is 6.64. The number of benzene rings is 1. The number of anilines is 2. The van der Waals surface area contributed by atoms with Gasteiger partial charge in [0.25, 0.3) is 5.91 Å². The first-order valence-electron chi connectivity index (χ1n) is 9.85. The molecule has 2 heterocycles. The smallest absolute Gasteiger partial charge is 0.409 e. The summed E-state index contributed by atoms with van der Waals surface area (Å²) in [4.78, 5) is 34.3. The summed E-state index contributed by atoms with van der Waals surface area (Å²) in [7, 11) is 0. The van der Waals surface area contributed by atoms with Gasteiger partial charge in [-0.1, -0.05) is 6.07 Å². The van der Waals surface area contributed by atoms with E-state index in [-0.39, 0.29) is 18.0 Å². The third kappa shape index (κ3) is 5.43. The molecule has 0 spiro atoms. The Morgan fingerprint density at radius 3 is 2.59 bits per heavy atom. The number of nitrogens with one attached hydrogen (secondary N) is 2. The van der Waals surface area contributed by atoms with Crippen molar-refractivity contribution in [3.8, 4) is 0 Å². The Hall–Kier alpha value is -3.16. The van der Waals surface area contributed by atoms with Crippen molar-refractivity contribution in [3.05, 3.63) is 47.4 Å². The van der Waals surface area contributed by atoms with Gasteiger partial charge in [0.2, 0.25) is 0 Å². The summed E-state index contributed by atoms with van der Waals surface area (Å²) < 4.78 is 5.02. The molecular weight excluding hydrogens is 370 g/mol. The standard InChI is InChI=1S/C21H27N5O3/c1-4-29-21(28)26-9-7-16(8-10-26)25-20(27)18-12-19(23-13-22-18)24-17-6-5-14(2)15(3)11-17/h5-6,11-13,16H,4,7-10H2,1-3H3,(H,25,27)(H,22,23,24). The van der Waals surface area contributed by atoms with Crippen LogP contribution < -0.4 is 10.6 Å². The predicted octanol–water partition coefficient (Wildman–Crippen LogP) is 3.19. The Morgan fingerprint density at radius 2 is 1.90 bits per heavy atom. The summed E-state index contributed by atoms with van der Waals surface area (Å²) >= 11 is 0. The number of nitrogens with zero attached hydrogens (tertiary/aromatic N) is 3. The number of hydrogen-bond acceptors (Lipinski definition) is 6. The molecule has 0 aliphatic carbocycles. The normalized spacial score (nSPS) is 14.4. The lowest BCUT2D eigenvalue weighted by Gasteiger charge is -2.31. The monoisotopic (exact) mass is 397 g/mol. The molecule has 0 atom stereocenters. The summed E-state index contributed by atoms with van der Waals surface area (Å²) in [5, 5.41) is 6.21. The van der Waals surface area contributed by atoms with Crippen LogP contribution in [0, 0.1) is 13.8 Å². The Balaban J connectivity index is 1.57. The average Bonchev–Trinajstić information content (AvgIpc) is 2.72. The van der Waals surface area contributed by atoms with E-state index in [2.05, 4.69) is 27.5 Å². The van der Waals surface area contributed by atoms with Crippen LogP contribution in [0.2, 0.25) is 0 Å².